The van der Waals surface area contributed by atoms with E-state index in [1.165, 1.54) is 5.56 Å². The van der Waals surface area contributed by atoms with Crippen LogP contribution in [0.2, 0.25) is 0 Å². The number of nitrogens with one attached hydrogen (secondary N) is 1. The second-order valence-corrected chi connectivity index (χ2v) is 5.86. The average molecular weight is 262 g/mol. The van der Waals surface area contributed by atoms with Crippen molar-refractivity contribution >= 4 is 0 Å². The van der Waals surface area contributed by atoms with Crippen LogP contribution in [0.25, 0.3) is 0 Å². The molecule has 1 saturated heterocycles. The van der Waals surface area contributed by atoms with Crippen LogP contribution in [0.3, 0.4) is 0 Å². The highest BCUT2D eigenvalue weighted by molar-refractivity contribution is 5.33. The Bertz CT molecular complexity index is 421. The lowest BCUT2D eigenvalue weighted by Gasteiger charge is -2.45. The summed E-state index contributed by atoms with van der Waals surface area (Å²) >= 11 is 0. The monoisotopic (exact) mass is 262 g/mol. The Labute approximate surface area is 116 Å². The highest BCUT2D eigenvalue weighted by Gasteiger charge is 2.32. The number of para-hydroxylation sites is 1. The van der Waals surface area contributed by atoms with E-state index < -0.39 is 0 Å². The minimum atomic E-state index is 0.231. The number of piperazine rings is 1. The molecule has 1 N–H and O–H groups in total. The highest BCUT2D eigenvalue weighted by atomic mass is 16.5. The van der Waals surface area contributed by atoms with Crippen LogP contribution in [-0.4, -0.2) is 36.7 Å². The molecule has 2 rings (SSSR count). The van der Waals surface area contributed by atoms with Crippen molar-refractivity contribution in [2.45, 2.75) is 45.3 Å². The summed E-state index contributed by atoms with van der Waals surface area (Å²) in [4.78, 5) is 2.55. The summed E-state index contributed by atoms with van der Waals surface area (Å²) in [6.45, 7) is 9.96. The minimum Gasteiger partial charge on any atom is -0.496 e. The lowest BCUT2D eigenvalue weighted by atomic mass is 9.93. The molecule has 1 aliphatic heterocycles. The van der Waals surface area contributed by atoms with Crippen LogP contribution < -0.4 is 10.1 Å². The van der Waals surface area contributed by atoms with Gasteiger partial charge in [0, 0.05) is 36.8 Å². The van der Waals surface area contributed by atoms with E-state index in [4.69, 9.17) is 4.74 Å². The van der Waals surface area contributed by atoms with Gasteiger partial charge in [-0.2, -0.15) is 0 Å². The highest BCUT2D eigenvalue weighted by Crippen LogP contribution is 2.24. The fourth-order valence-electron chi connectivity index (χ4n) is 2.68. The fraction of sp³-hybridized carbons (Fsp3) is 0.625. The summed E-state index contributed by atoms with van der Waals surface area (Å²) in [5.41, 5.74) is 1.51. The van der Waals surface area contributed by atoms with E-state index in [0.29, 0.717) is 6.04 Å². The van der Waals surface area contributed by atoms with Crippen LogP contribution in [-0.2, 0) is 6.54 Å². The average Bonchev–Trinajstić information content (AvgIpc) is 2.44. The van der Waals surface area contributed by atoms with E-state index in [1.54, 1.807) is 7.11 Å². The molecule has 0 bridgehead atoms. The van der Waals surface area contributed by atoms with Crippen molar-refractivity contribution in [1.29, 1.82) is 0 Å². The summed E-state index contributed by atoms with van der Waals surface area (Å²) in [5.74, 6) is 0.992. The largest absolute Gasteiger partial charge is 0.496 e. The quantitative estimate of drug-likeness (QED) is 0.903. The van der Waals surface area contributed by atoms with Crippen LogP contribution in [0.5, 0.6) is 5.75 Å². The van der Waals surface area contributed by atoms with Crippen LogP contribution in [0.15, 0.2) is 24.3 Å². The van der Waals surface area contributed by atoms with Crippen molar-refractivity contribution in [3.8, 4) is 5.75 Å². The van der Waals surface area contributed by atoms with Gasteiger partial charge in [-0.1, -0.05) is 25.1 Å². The molecule has 0 aliphatic carbocycles. The van der Waals surface area contributed by atoms with Gasteiger partial charge in [-0.15, -0.1) is 0 Å². The molecule has 0 radical (unpaired) electrons. The van der Waals surface area contributed by atoms with E-state index in [9.17, 15) is 0 Å². The molecule has 0 aromatic heterocycles. The predicted molar refractivity (Wildman–Crippen MR) is 79.6 cm³/mol. The number of benzene rings is 1. The van der Waals surface area contributed by atoms with Crippen LogP contribution >= 0.6 is 0 Å². The minimum absolute atomic E-state index is 0.231. The van der Waals surface area contributed by atoms with Gasteiger partial charge >= 0.3 is 0 Å². The molecule has 1 aliphatic rings. The Balaban J connectivity index is 2.12. The number of hydrogen-bond acceptors (Lipinski definition) is 3. The third-order valence-electron chi connectivity index (χ3n) is 4.35. The maximum absolute atomic E-state index is 5.46. The van der Waals surface area contributed by atoms with Gasteiger partial charge in [-0.3, -0.25) is 4.90 Å². The van der Waals surface area contributed by atoms with Crippen molar-refractivity contribution in [1.82, 2.24) is 10.2 Å². The second kappa shape index (κ2) is 5.93. The van der Waals surface area contributed by atoms with Crippen LogP contribution in [0.4, 0.5) is 0 Å². The van der Waals surface area contributed by atoms with Gasteiger partial charge in [0.2, 0.25) is 0 Å². The fourth-order valence-corrected chi connectivity index (χ4v) is 2.68. The van der Waals surface area contributed by atoms with Gasteiger partial charge < -0.3 is 10.1 Å². The Kier molecular flexibility index (Phi) is 4.48. The summed E-state index contributed by atoms with van der Waals surface area (Å²) in [7, 11) is 1.75. The number of ether oxygens (including phenoxy) is 1. The van der Waals surface area contributed by atoms with Crippen molar-refractivity contribution < 1.29 is 4.74 Å². The zero-order valence-corrected chi connectivity index (χ0v) is 12.6. The van der Waals surface area contributed by atoms with Gasteiger partial charge in [0.1, 0.15) is 5.75 Å². The van der Waals surface area contributed by atoms with Crippen LogP contribution in [0, 0.1) is 0 Å². The Morgan fingerprint density at radius 2 is 2.16 bits per heavy atom. The predicted octanol–water partition coefficient (Wildman–Crippen LogP) is 2.66. The number of hydrogen-bond donors (Lipinski definition) is 1. The molecule has 1 aromatic rings. The lowest BCUT2D eigenvalue weighted by molar-refractivity contribution is 0.0858. The first kappa shape index (κ1) is 14.4. The standard InChI is InChI=1S/C16H26N2O/c1-5-16(3)12-18(13(2)10-17-16)11-14-8-6-7-9-15(14)19-4/h6-9,13,17H,5,10-12H2,1-4H3. The number of nitrogens with zero attached hydrogens (tertiary/aromatic N) is 1. The van der Waals surface area contributed by atoms with E-state index >= 15 is 0 Å². The maximum atomic E-state index is 5.46. The maximum Gasteiger partial charge on any atom is 0.123 e. The lowest BCUT2D eigenvalue weighted by Crippen LogP contribution is -2.61. The molecule has 1 aromatic carbocycles. The van der Waals surface area contributed by atoms with E-state index in [0.717, 1.165) is 31.8 Å². The van der Waals surface area contributed by atoms with Crippen molar-refractivity contribution in [3.63, 3.8) is 0 Å². The van der Waals surface area contributed by atoms with E-state index in [2.05, 4.69) is 43.1 Å². The molecule has 106 valence electrons. The Morgan fingerprint density at radius 1 is 1.42 bits per heavy atom. The molecule has 1 fully saturated rings. The molecule has 0 saturated carbocycles. The molecule has 3 heteroatoms. The SMILES string of the molecule is CCC1(C)CN(Cc2ccccc2OC)C(C)CN1. The molecule has 3 nitrogen and oxygen atoms in total. The Morgan fingerprint density at radius 3 is 2.84 bits per heavy atom. The molecular weight excluding hydrogens is 236 g/mol. The van der Waals surface area contributed by atoms with Crippen molar-refractivity contribution in [3.05, 3.63) is 29.8 Å². The van der Waals surface area contributed by atoms with Gasteiger partial charge in [0.25, 0.3) is 0 Å². The normalized spacial score (nSPS) is 28.3. The zero-order valence-electron chi connectivity index (χ0n) is 12.6. The summed E-state index contributed by atoms with van der Waals surface area (Å²) in [6.07, 6.45) is 1.15. The van der Waals surface area contributed by atoms with E-state index in [-0.39, 0.29) is 5.54 Å². The van der Waals surface area contributed by atoms with Gasteiger partial charge in [-0.25, -0.2) is 0 Å². The molecule has 2 atom stereocenters. The topological polar surface area (TPSA) is 24.5 Å². The first-order valence-corrected chi connectivity index (χ1v) is 7.19. The zero-order chi connectivity index (χ0) is 13.9. The summed E-state index contributed by atoms with van der Waals surface area (Å²) in [5, 5.41) is 3.67. The first-order chi connectivity index (χ1) is 9.08. The molecule has 19 heavy (non-hydrogen) atoms. The Hall–Kier alpha value is -1.06. The molecule has 2 unspecified atom stereocenters. The molecule has 1 heterocycles. The van der Waals surface area contributed by atoms with Crippen molar-refractivity contribution in [2.24, 2.45) is 0 Å². The first-order valence-electron chi connectivity index (χ1n) is 7.19. The summed E-state index contributed by atoms with van der Waals surface area (Å²) < 4.78 is 5.46. The smallest absolute Gasteiger partial charge is 0.123 e. The molecular formula is C16H26N2O. The van der Waals surface area contributed by atoms with Gasteiger partial charge in [0.15, 0.2) is 0 Å². The third-order valence-corrected chi connectivity index (χ3v) is 4.35. The summed E-state index contributed by atoms with van der Waals surface area (Å²) in [6, 6.07) is 8.88. The number of rotatable bonds is 4. The second-order valence-electron chi connectivity index (χ2n) is 5.86. The van der Waals surface area contributed by atoms with Gasteiger partial charge in [0.05, 0.1) is 7.11 Å². The van der Waals surface area contributed by atoms with E-state index in [1.807, 2.05) is 12.1 Å². The van der Waals surface area contributed by atoms with Crippen LogP contribution in [0.1, 0.15) is 32.8 Å². The third kappa shape index (κ3) is 3.28. The molecule has 0 amide bonds. The number of methoxy groups -OCH3 is 1. The van der Waals surface area contributed by atoms with Gasteiger partial charge in [-0.05, 0) is 26.3 Å². The van der Waals surface area contributed by atoms with Crippen molar-refractivity contribution in [2.75, 3.05) is 20.2 Å². The molecule has 0 spiro atoms.